The lowest BCUT2D eigenvalue weighted by atomic mass is 9.90. The number of rotatable bonds is 5. The molecular weight excluding hydrogens is 204 g/mol. The van der Waals surface area contributed by atoms with Gasteiger partial charge in [0.05, 0.1) is 12.6 Å². The SMILES string of the molecule is CCC1CCNC(C(=O)NOCC(C)C)C1. The molecule has 0 aromatic carbocycles. The zero-order valence-electron chi connectivity index (χ0n) is 10.6. The Morgan fingerprint density at radius 2 is 2.31 bits per heavy atom. The Balaban J connectivity index is 2.24. The van der Waals surface area contributed by atoms with E-state index in [-0.39, 0.29) is 11.9 Å². The average Bonchev–Trinajstić information content (AvgIpc) is 2.28. The minimum Gasteiger partial charge on any atom is -0.306 e. The van der Waals surface area contributed by atoms with Crippen LogP contribution in [0, 0.1) is 11.8 Å². The van der Waals surface area contributed by atoms with Crippen LogP contribution in [-0.2, 0) is 9.63 Å². The minimum absolute atomic E-state index is 0.0289. The number of nitrogens with one attached hydrogen (secondary N) is 2. The molecule has 4 nitrogen and oxygen atoms in total. The Morgan fingerprint density at radius 3 is 2.94 bits per heavy atom. The first-order valence-corrected chi connectivity index (χ1v) is 6.28. The number of hydrogen-bond acceptors (Lipinski definition) is 3. The topological polar surface area (TPSA) is 50.4 Å². The van der Waals surface area contributed by atoms with Crippen molar-refractivity contribution in [2.45, 2.75) is 46.1 Å². The van der Waals surface area contributed by atoms with E-state index in [2.05, 4.69) is 31.6 Å². The lowest BCUT2D eigenvalue weighted by molar-refractivity contribution is -0.137. The molecule has 1 aliphatic rings. The van der Waals surface area contributed by atoms with E-state index in [0.29, 0.717) is 18.4 Å². The van der Waals surface area contributed by atoms with Crippen LogP contribution in [0.4, 0.5) is 0 Å². The Morgan fingerprint density at radius 1 is 1.56 bits per heavy atom. The van der Waals surface area contributed by atoms with Crippen molar-refractivity contribution < 1.29 is 9.63 Å². The number of amides is 1. The van der Waals surface area contributed by atoms with Crippen LogP contribution in [0.5, 0.6) is 0 Å². The number of carbonyl (C=O) groups excluding carboxylic acids is 1. The van der Waals surface area contributed by atoms with E-state index in [9.17, 15) is 4.79 Å². The molecule has 1 rings (SSSR count). The lowest BCUT2D eigenvalue weighted by Crippen LogP contribution is -2.48. The lowest BCUT2D eigenvalue weighted by Gasteiger charge is -2.28. The monoisotopic (exact) mass is 228 g/mol. The minimum atomic E-state index is -0.0779. The molecule has 1 amide bonds. The van der Waals surface area contributed by atoms with E-state index < -0.39 is 0 Å². The van der Waals surface area contributed by atoms with Gasteiger partial charge in [0, 0.05) is 0 Å². The van der Waals surface area contributed by atoms with Crippen molar-refractivity contribution >= 4 is 5.91 Å². The van der Waals surface area contributed by atoms with Crippen molar-refractivity contribution in [1.29, 1.82) is 0 Å². The van der Waals surface area contributed by atoms with Gasteiger partial charge in [0.2, 0.25) is 0 Å². The van der Waals surface area contributed by atoms with Crippen LogP contribution >= 0.6 is 0 Å². The molecular formula is C12H24N2O2. The summed E-state index contributed by atoms with van der Waals surface area (Å²) in [4.78, 5) is 16.9. The van der Waals surface area contributed by atoms with Crippen LogP contribution in [-0.4, -0.2) is 25.1 Å². The van der Waals surface area contributed by atoms with E-state index in [4.69, 9.17) is 4.84 Å². The Labute approximate surface area is 98.1 Å². The second kappa shape index (κ2) is 6.86. The van der Waals surface area contributed by atoms with Gasteiger partial charge in [-0.25, -0.2) is 5.48 Å². The quantitative estimate of drug-likeness (QED) is 0.701. The van der Waals surface area contributed by atoms with E-state index in [1.807, 2.05) is 0 Å². The molecule has 0 saturated carbocycles. The fourth-order valence-electron chi connectivity index (χ4n) is 1.92. The first kappa shape index (κ1) is 13.5. The molecule has 2 N–H and O–H groups in total. The summed E-state index contributed by atoms with van der Waals surface area (Å²) in [5, 5.41) is 3.23. The van der Waals surface area contributed by atoms with Crippen molar-refractivity contribution in [3.8, 4) is 0 Å². The van der Waals surface area contributed by atoms with E-state index >= 15 is 0 Å². The van der Waals surface area contributed by atoms with Crippen molar-refractivity contribution in [3.63, 3.8) is 0 Å². The maximum atomic E-state index is 11.7. The van der Waals surface area contributed by atoms with Gasteiger partial charge in [-0.15, -0.1) is 0 Å². The fraction of sp³-hybridized carbons (Fsp3) is 0.917. The second-order valence-electron chi connectivity index (χ2n) is 4.98. The predicted octanol–water partition coefficient (Wildman–Crippen LogP) is 1.47. The number of piperidine rings is 1. The molecule has 1 aliphatic heterocycles. The van der Waals surface area contributed by atoms with Crippen LogP contribution in [0.2, 0.25) is 0 Å². The van der Waals surface area contributed by atoms with Crippen LogP contribution < -0.4 is 10.8 Å². The zero-order valence-corrected chi connectivity index (χ0v) is 10.6. The fourth-order valence-corrected chi connectivity index (χ4v) is 1.92. The van der Waals surface area contributed by atoms with Crippen LogP contribution in [0.3, 0.4) is 0 Å². The molecule has 2 unspecified atom stereocenters. The van der Waals surface area contributed by atoms with Crippen molar-refractivity contribution in [3.05, 3.63) is 0 Å². The largest absolute Gasteiger partial charge is 0.306 e. The maximum Gasteiger partial charge on any atom is 0.260 e. The molecule has 94 valence electrons. The molecule has 0 aliphatic carbocycles. The molecule has 1 heterocycles. The summed E-state index contributed by atoms with van der Waals surface area (Å²) in [6.07, 6.45) is 3.25. The molecule has 0 aromatic heterocycles. The van der Waals surface area contributed by atoms with Gasteiger partial charge in [-0.3, -0.25) is 9.63 Å². The molecule has 0 bridgehead atoms. The zero-order chi connectivity index (χ0) is 12.0. The summed E-state index contributed by atoms with van der Waals surface area (Å²) in [7, 11) is 0. The van der Waals surface area contributed by atoms with Crippen molar-refractivity contribution in [1.82, 2.24) is 10.8 Å². The third-order valence-electron chi connectivity index (χ3n) is 3.00. The average molecular weight is 228 g/mol. The normalized spacial score (nSPS) is 25.8. The summed E-state index contributed by atoms with van der Waals surface area (Å²) in [6, 6.07) is -0.0779. The van der Waals surface area contributed by atoms with E-state index in [1.54, 1.807) is 0 Å². The Bertz CT molecular complexity index is 219. The predicted molar refractivity (Wildman–Crippen MR) is 63.7 cm³/mol. The number of hydrogen-bond donors (Lipinski definition) is 2. The molecule has 0 aromatic rings. The number of carbonyl (C=O) groups is 1. The highest BCUT2D eigenvalue weighted by Gasteiger charge is 2.25. The van der Waals surface area contributed by atoms with Crippen LogP contribution in [0.1, 0.15) is 40.0 Å². The second-order valence-corrected chi connectivity index (χ2v) is 4.98. The number of hydroxylamine groups is 1. The van der Waals surface area contributed by atoms with Crippen molar-refractivity contribution in [2.24, 2.45) is 11.8 Å². The molecule has 4 heteroatoms. The van der Waals surface area contributed by atoms with Gasteiger partial charge in [-0.05, 0) is 31.2 Å². The first-order chi connectivity index (χ1) is 7.63. The van der Waals surface area contributed by atoms with Crippen LogP contribution in [0.15, 0.2) is 0 Å². The highest BCUT2D eigenvalue weighted by atomic mass is 16.7. The summed E-state index contributed by atoms with van der Waals surface area (Å²) in [5.74, 6) is 1.07. The summed E-state index contributed by atoms with van der Waals surface area (Å²) < 4.78 is 0. The molecule has 0 radical (unpaired) electrons. The molecule has 1 saturated heterocycles. The van der Waals surface area contributed by atoms with Gasteiger partial charge in [-0.1, -0.05) is 27.2 Å². The molecule has 16 heavy (non-hydrogen) atoms. The first-order valence-electron chi connectivity index (χ1n) is 6.28. The Kier molecular flexibility index (Phi) is 5.77. The van der Waals surface area contributed by atoms with E-state index in [0.717, 1.165) is 19.4 Å². The third kappa shape index (κ3) is 4.49. The molecule has 2 atom stereocenters. The summed E-state index contributed by atoms with van der Waals surface area (Å²) >= 11 is 0. The van der Waals surface area contributed by atoms with Gasteiger partial charge in [-0.2, -0.15) is 0 Å². The van der Waals surface area contributed by atoms with Gasteiger partial charge in [0.25, 0.3) is 5.91 Å². The highest BCUT2D eigenvalue weighted by molar-refractivity contribution is 5.80. The molecule has 0 spiro atoms. The third-order valence-corrected chi connectivity index (χ3v) is 3.00. The summed E-state index contributed by atoms with van der Waals surface area (Å²) in [5.41, 5.74) is 2.53. The van der Waals surface area contributed by atoms with Crippen molar-refractivity contribution in [2.75, 3.05) is 13.2 Å². The smallest absolute Gasteiger partial charge is 0.260 e. The summed E-state index contributed by atoms with van der Waals surface area (Å²) in [6.45, 7) is 7.78. The van der Waals surface area contributed by atoms with Crippen LogP contribution in [0.25, 0.3) is 0 Å². The van der Waals surface area contributed by atoms with Gasteiger partial charge < -0.3 is 5.32 Å². The van der Waals surface area contributed by atoms with Gasteiger partial charge in [0.1, 0.15) is 0 Å². The maximum absolute atomic E-state index is 11.7. The molecule has 1 fully saturated rings. The van der Waals surface area contributed by atoms with Gasteiger partial charge in [0.15, 0.2) is 0 Å². The standard InChI is InChI=1S/C12H24N2O2/c1-4-10-5-6-13-11(7-10)12(15)14-16-8-9(2)3/h9-11,13H,4-8H2,1-3H3,(H,14,15). The Hall–Kier alpha value is -0.610. The van der Waals surface area contributed by atoms with Gasteiger partial charge >= 0.3 is 0 Å². The highest BCUT2D eigenvalue weighted by Crippen LogP contribution is 2.19. The van der Waals surface area contributed by atoms with E-state index in [1.165, 1.54) is 6.42 Å².